The van der Waals surface area contributed by atoms with Crippen LogP contribution in [0.4, 0.5) is 5.69 Å². The first kappa shape index (κ1) is 13.8. The van der Waals surface area contributed by atoms with Crippen LogP contribution in [0.15, 0.2) is 33.9 Å². The molecule has 17 heavy (non-hydrogen) atoms. The van der Waals surface area contributed by atoms with Gasteiger partial charge in [-0.15, -0.1) is 0 Å². The zero-order valence-electron chi connectivity index (χ0n) is 10.1. The Bertz CT molecular complexity index is 387. The van der Waals surface area contributed by atoms with Crippen molar-refractivity contribution in [1.29, 1.82) is 0 Å². The Morgan fingerprint density at radius 3 is 2.53 bits per heavy atom. The van der Waals surface area contributed by atoms with E-state index in [0.717, 1.165) is 23.1 Å². The summed E-state index contributed by atoms with van der Waals surface area (Å²) in [7, 11) is 0. The van der Waals surface area contributed by atoms with Gasteiger partial charge < -0.3 is 16.3 Å². The molecule has 1 aromatic rings. The first-order chi connectivity index (χ1) is 7.95. The van der Waals surface area contributed by atoms with Gasteiger partial charge in [0.2, 0.25) is 0 Å². The Labute approximate surface area is 110 Å². The smallest absolute Gasteiger partial charge is 0.144 e. The molecular formula is C12H18BrN3O. The van der Waals surface area contributed by atoms with Crippen molar-refractivity contribution in [3.8, 4) is 0 Å². The maximum atomic E-state index is 8.65. The van der Waals surface area contributed by atoms with Gasteiger partial charge in [0.05, 0.1) is 0 Å². The Kier molecular flexibility index (Phi) is 4.81. The van der Waals surface area contributed by atoms with Crippen molar-refractivity contribution in [2.24, 2.45) is 16.3 Å². The minimum atomic E-state index is -0.308. The molecule has 0 atom stereocenters. The average Bonchev–Trinajstić information content (AvgIpc) is 2.30. The Morgan fingerprint density at radius 1 is 1.41 bits per heavy atom. The second-order valence-electron chi connectivity index (χ2n) is 4.55. The second kappa shape index (κ2) is 5.91. The predicted octanol–water partition coefficient (Wildman–Crippen LogP) is 3.02. The van der Waals surface area contributed by atoms with Crippen LogP contribution in [0.5, 0.6) is 0 Å². The molecule has 0 spiro atoms. The van der Waals surface area contributed by atoms with Crippen molar-refractivity contribution in [3.63, 3.8) is 0 Å². The van der Waals surface area contributed by atoms with Crippen LogP contribution in [0.25, 0.3) is 0 Å². The highest BCUT2D eigenvalue weighted by Crippen LogP contribution is 2.21. The van der Waals surface area contributed by atoms with Gasteiger partial charge in [-0.3, -0.25) is 0 Å². The molecule has 0 aliphatic carbocycles. The highest BCUT2D eigenvalue weighted by atomic mass is 79.9. The van der Waals surface area contributed by atoms with Gasteiger partial charge in [0.15, 0.2) is 0 Å². The van der Waals surface area contributed by atoms with Gasteiger partial charge in [0.25, 0.3) is 0 Å². The number of halogens is 1. The molecule has 0 aliphatic rings. The number of anilines is 1. The van der Waals surface area contributed by atoms with E-state index in [9.17, 15) is 0 Å². The van der Waals surface area contributed by atoms with E-state index in [1.54, 1.807) is 0 Å². The summed E-state index contributed by atoms with van der Waals surface area (Å²) >= 11 is 3.39. The highest BCUT2D eigenvalue weighted by Gasteiger charge is 2.22. The standard InChI is InChI=1S/C12H18BrN3O/c1-12(2,11(14)16-17)7-8-15-10-5-3-9(13)4-6-10/h3-6,15,17H,7-8H2,1-2H3,(H2,14,16). The highest BCUT2D eigenvalue weighted by molar-refractivity contribution is 9.10. The Hall–Kier alpha value is -1.23. The summed E-state index contributed by atoms with van der Waals surface area (Å²) in [6.07, 6.45) is 0.791. The van der Waals surface area contributed by atoms with Crippen LogP contribution >= 0.6 is 15.9 Å². The summed E-state index contributed by atoms with van der Waals surface area (Å²) < 4.78 is 1.06. The fourth-order valence-corrected chi connectivity index (χ4v) is 1.61. The molecule has 5 heteroatoms. The molecule has 4 nitrogen and oxygen atoms in total. The molecule has 0 unspecified atom stereocenters. The van der Waals surface area contributed by atoms with E-state index < -0.39 is 0 Å². The lowest BCUT2D eigenvalue weighted by Gasteiger charge is -2.23. The summed E-state index contributed by atoms with van der Waals surface area (Å²) in [5, 5.41) is 15.0. The third kappa shape index (κ3) is 4.26. The molecule has 94 valence electrons. The largest absolute Gasteiger partial charge is 0.409 e. The average molecular weight is 300 g/mol. The minimum absolute atomic E-state index is 0.259. The normalized spacial score (nSPS) is 12.5. The number of hydrogen-bond acceptors (Lipinski definition) is 3. The van der Waals surface area contributed by atoms with Gasteiger partial charge in [0.1, 0.15) is 5.84 Å². The van der Waals surface area contributed by atoms with Crippen LogP contribution in [0.2, 0.25) is 0 Å². The molecule has 0 aromatic heterocycles. The van der Waals surface area contributed by atoms with Crippen molar-refractivity contribution in [1.82, 2.24) is 0 Å². The maximum absolute atomic E-state index is 8.65. The van der Waals surface area contributed by atoms with Crippen LogP contribution in [0.1, 0.15) is 20.3 Å². The SMILES string of the molecule is CC(C)(CCNc1ccc(Br)cc1)C(N)=NO. The quantitative estimate of drug-likeness (QED) is 0.339. The van der Waals surface area contributed by atoms with E-state index >= 15 is 0 Å². The van der Waals surface area contributed by atoms with E-state index in [4.69, 9.17) is 10.9 Å². The molecule has 1 rings (SSSR count). The number of nitrogens with zero attached hydrogens (tertiary/aromatic N) is 1. The van der Waals surface area contributed by atoms with E-state index in [1.165, 1.54) is 0 Å². The van der Waals surface area contributed by atoms with Crippen LogP contribution in [-0.2, 0) is 0 Å². The van der Waals surface area contributed by atoms with Crippen LogP contribution in [-0.4, -0.2) is 17.6 Å². The van der Waals surface area contributed by atoms with Gasteiger partial charge in [0, 0.05) is 22.1 Å². The topological polar surface area (TPSA) is 70.6 Å². The zero-order chi connectivity index (χ0) is 12.9. The van der Waals surface area contributed by atoms with E-state index in [2.05, 4.69) is 26.4 Å². The molecule has 0 saturated heterocycles. The number of amidine groups is 1. The first-order valence-electron chi connectivity index (χ1n) is 5.43. The molecule has 0 bridgehead atoms. The Morgan fingerprint density at radius 2 is 2.00 bits per heavy atom. The number of benzene rings is 1. The van der Waals surface area contributed by atoms with Crippen molar-refractivity contribution >= 4 is 27.5 Å². The van der Waals surface area contributed by atoms with Gasteiger partial charge >= 0.3 is 0 Å². The number of hydrogen-bond donors (Lipinski definition) is 3. The molecule has 1 aromatic carbocycles. The number of oxime groups is 1. The van der Waals surface area contributed by atoms with E-state index in [1.807, 2.05) is 38.1 Å². The van der Waals surface area contributed by atoms with Crippen molar-refractivity contribution in [2.45, 2.75) is 20.3 Å². The third-order valence-corrected chi connectivity index (χ3v) is 3.25. The van der Waals surface area contributed by atoms with Crippen molar-refractivity contribution in [2.75, 3.05) is 11.9 Å². The maximum Gasteiger partial charge on any atom is 0.144 e. The van der Waals surface area contributed by atoms with Crippen LogP contribution < -0.4 is 11.1 Å². The van der Waals surface area contributed by atoms with Gasteiger partial charge in [-0.2, -0.15) is 0 Å². The van der Waals surface area contributed by atoms with Crippen LogP contribution in [0, 0.1) is 5.41 Å². The fourth-order valence-electron chi connectivity index (χ4n) is 1.35. The molecule has 4 N–H and O–H groups in total. The second-order valence-corrected chi connectivity index (χ2v) is 5.47. The summed E-state index contributed by atoms with van der Waals surface area (Å²) in [5.41, 5.74) is 6.37. The van der Waals surface area contributed by atoms with Gasteiger partial charge in [-0.25, -0.2) is 0 Å². The first-order valence-corrected chi connectivity index (χ1v) is 6.22. The van der Waals surface area contributed by atoms with Crippen molar-refractivity contribution in [3.05, 3.63) is 28.7 Å². The molecule has 0 aliphatic heterocycles. The lowest BCUT2D eigenvalue weighted by molar-refractivity contribution is 0.306. The van der Waals surface area contributed by atoms with E-state index in [-0.39, 0.29) is 11.3 Å². The zero-order valence-corrected chi connectivity index (χ0v) is 11.7. The number of nitrogens with two attached hydrogens (primary N) is 1. The van der Waals surface area contributed by atoms with E-state index in [0.29, 0.717) is 0 Å². The summed E-state index contributed by atoms with van der Waals surface area (Å²) in [6, 6.07) is 7.97. The monoisotopic (exact) mass is 299 g/mol. The molecule has 0 saturated carbocycles. The molecular weight excluding hydrogens is 282 g/mol. The van der Waals surface area contributed by atoms with Crippen molar-refractivity contribution < 1.29 is 5.21 Å². The predicted molar refractivity (Wildman–Crippen MR) is 74.4 cm³/mol. The number of nitrogens with one attached hydrogen (secondary N) is 1. The summed E-state index contributed by atoms with van der Waals surface area (Å²) in [5.74, 6) is 0.259. The summed E-state index contributed by atoms with van der Waals surface area (Å²) in [6.45, 7) is 4.67. The third-order valence-electron chi connectivity index (χ3n) is 2.72. The molecule has 0 heterocycles. The minimum Gasteiger partial charge on any atom is -0.409 e. The lowest BCUT2D eigenvalue weighted by atomic mass is 9.88. The fraction of sp³-hybridized carbons (Fsp3) is 0.417. The molecule has 0 radical (unpaired) electrons. The molecule has 0 fully saturated rings. The lowest BCUT2D eigenvalue weighted by Crippen LogP contribution is -2.33. The summed E-state index contributed by atoms with van der Waals surface area (Å²) in [4.78, 5) is 0. The molecule has 0 amide bonds. The van der Waals surface area contributed by atoms with Gasteiger partial charge in [-0.05, 0) is 30.7 Å². The Balaban J connectivity index is 2.45. The van der Waals surface area contributed by atoms with Gasteiger partial charge in [-0.1, -0.05) is 34.9 Å². The number of rotatable bonds is 5. The van der Waals surface area contributed by atoms with Crippen LogP contribution in [0.3, 0.4) is 0 Å².